The van der Waals surface area contributed by atoms with Crippen molar-refractivity contribution in [2.75, 3.05) is 13.9 Å². The molecule has 98 valence electrons. The van der Waals surface area contributed by atoms with Gasteiger partial charge in [-0.1, -0.05) is 5.16 Å². The molecule has 1 aliphatic heterocycles. The first kappa shape index (κ1) is 12.5. The van der Waals surface area contributed by atoms with Gasteiger partial charge in [0.05, 0.1) is 11.3 Å². The summed E-state index contributed by atoms with van der Waals surface area (Å²) in [5.41, 5.74) is -0.804. The molecule has 0 unspecified atom stereocenters. The van der Waals surface area contributed by atoms with Gasteiger partial charge in [-0.05, 0) is 19.1 Å². The Balaban J connectivity index is 2.59. The number of halogens is 3. The standard InChI is InChI=1S/C11H10F3NO3/c1-6(15-16-2)7-3-9-10(18-5-17-9)4-8(7)11(12,13)14/h3-4H,5H2,1-2H3/b15-6+. The van der Waals surface area contributed by atoms with Gasteiger partial charge in [-0.25, -0.2) is 0 Å². The molecule has 4 nitrogen and oxygen atoms in total. The molecule has 0 aromatic heterocycles. The van der Waals surface area contributed by atoms with Crippen molar-refractivity contribution < 1.29 is 27.5 Å². The Hall–Kier alpha value is -1.92. The summed E-state index contributed by atoms with van der Waals surface area (Å²) in [5.74, 6) is 0.347. The summed E-state index contributed by atoms with van der Waals surface area (Å²) in [7, 11) is 1.27. The molecule has 2 rings (SSSR count). The Morgan fingerprint density at radius 1 is 1.28 bits per heavy atom. The minimum atomic E-state index is -4.50. The highest BCUT2D eigenvalue weighted by atomic mass is 19.4. The SMILES string of the molecule is CO/N=C(\C)c1cc2c(cc1C(F)(F)F)OCO2. The molecular weight excluding hydrogens is 251 g/mol. The molecule has 0 fully saturated rings. The lowest BCUT2D eigenvalue weighted by molar-refractivity contribution is -0.137. The Morgan fingerprint density at radius 2 is 1.89 bits per heavy atom. The van der Waals surface area contributed by atoms with Gasteiger partial charge in [0.15, 0.2) is 11.5 Å². The third-order valence-corrected chi connectivity index (χ3v) is 2.44. The lowest BCUT2D eigenvalue weighted by Gasteiger charge is -2.13. The van der Waals surface area contributed by atoms with Crippen LogP contribution in [0, 0.1) is 0 Å². The van der Waals surface area contributed by atoms with Crippen LogP contribution in [0.2, 0.25) is 0 Å². The number of rotatable bonds is 2. The fourth-order valence-electron chi connectivity index (χ4n) is 1.66. The summed E-state index contributed by atoms with van der Waals surface area (Å²) in [6.45, 7) is 1.34. The second kappa shape index (κ2) is 4.40. The Kier molecular flexibility index (Phi) is 3.06. The fraction of sp³-hybridized carbons (Fsp3) is 0.364. The van der Waals surface area contributed by atoms with Gasteiger partial charge in [0.25, 0.3) is 0 Å². The number of hydrogen-bond acceptors (Lipinski definition) is 4. The van der Waals surface area contributed by atoms with Crippen LogP contribution in [0.5, 0.6) is 11.5 Å². The van der Waals surface area contributed by atoms with Crippen molar-refractivity contribution in [3.05, 3.63) is 23.3 Å². The number of oxime groups is 1. The molecule has 1 aromatic carbocycles. The number of ether oxygens (including phenoxy) is 2. The van der Waals surface area contributed by atoms with Crippen molar-refractivity contribution >= 4 is 5.71 Å². The minimum Gasteiger partial charge on any atom is -0.454 e. The zero-order valence-electron chi connectivity index (χ0n) is 9.67. The lowest BCUT2D eigenvalue weighted by Crippen LogP contribution is -2.12. The average Bonchev–Trinajstić information content (AvgIpc) is 2.73. The smallest absolute Gasteiger partial charge is 0.417 e. The largest absolute Gasteiger partial charge is 0.454 e. The maximum atomic E-state index is 12.9. The number of nitrogens with zero attached hydrogens (tertiary/aromatic N) is 1. The van der Waals surface area contributed by atoms with E-state index in [4.69, 9.17) is 9.47 Å². The van der Waals surface area contributed by atoms with Crippen LogP contribution in [0.15, 0.2) is 17.3 Å². The second-order valence-electron chi connectivity index (χ2n) is 3.61. The summed E-state index contributed by atoms with van der Waals surface area (Å²) in [6.07, 6.45) is -4.50. The van der Waals surface area contributed by atoms with Gasteiger partial charge in [-0.15, -0.1) is 0 Å². The first-order valence-electron chi connectivity index (χ1n) is 5.02. The average molecular weight is 261 g/mol. The molecule has 1 heterocycles. The van der Waals surface area contributed by atoms with Crippen LogP contribution < -0.4 is 9.47 Å². The predicted octanol–water partition coefficient (Wildman–Crippen LogP) is 2.80. The molecule has 7 heteroatoms. The van der Waals surface area contributed by atoms with Crippen molar-refractivity contribution in [2.45, 2.75) is 13.1 Å². The van der Waals surface area contributed by atoms with Gasteiger partial charge in [-0.3, -0.25) is 0 Å². The maximum absolute atomic E-state index is 12.9. The first-order chi connectivity index (χ1) is 8.43. The summed E-state index contributed by atoms with van der Waals surface area (Å²) >= 11 is 0. The van der Waals surface area contributed by atoms with E-state index >= 15 is 0 Å². The van der Waals surface area contributed by atoms with Crippen LogP contribution in [0.3, 0.4) is 0 Å². The number of fused-ring (bicyclic) bond motifs is 1. The van der Waals surface area contributed by atoms with E-state index < -0.39 is 11.7 Å². The third kappa shape index (κ3) is 2.20. The van der Waals surface area contributed by atoms with Crippen LogP contribution in [0.1, 0.15) is 18.1 Å². The Labute approximate surface area is 101 Å². The summed E-state index contributed by atoms with van der Waals surface area (Å²) < 4.78 is 48.8. The zero-order valence-corrected chi connectivity index (χ0v) is 9.67. The van der Waals surface area contributed by atoms with E-state index in [0.717, 1.165) is 6.07 Å². The lowest BCUT2D eigenvalue weighted by atomic mass is 10.0. The van der Waals surface area contributed by atoms with Crippen molar-refractivity contribution in [2.24, 2.45) is 5.16 Å². The molecule has 0 saturated carbocycles. The van der Waals surface area contributed by atoms with Crippen LogP contribution in [-0.4, -0.2) is 19.6 Å². The molecule has 18 heavy (non-hydrogen) atoms. The second-order valence-corrected chi connectivity index (χ2v) is 3.61. The molecule has 0 bridgehead atoms. The van der Waals surface area contributed by atoms with E-state index in [2.05, 4.69) is 9.99 Å². The highest BCUT2D eigenvalue weighted by Crippen LogP contribution is 2.41. The number of alkyl halides is 3. The minimum absolute atomic E-state index is 0.0799. The van der Waals surface area contributed by atoms with Crippen molar-refractivity contribution in [1.29, 1.82) is 0 Å². The van der Waals surface area contributed by atoms with Crippen molar-refractivity contribution in [1.82, 2.24) is 0 Å². The summed E-state index contributed by atoms with van der Waals surface area (Å²) in [6, 6.07) is 2.16. The molecule has 0 amide bonds. The third-order valence-electron chi connectivity index (χ3n) is 2.44. The highest BCUT2D eigenvalue weighted by Gasteiger charge is 2.36. The molecule has 0 spiro atoms. The Morgan fingerprint density at radius 3 is 2.44 bits per heavy atom. The van der Waals surface area contributed by atoms with Crippen molar-refractivity contribution in [3.63, 3.8) is 0 Å². The van der Waals surface area contributed by atoms with E-state index in [-0.39, 0.29) is 29.6 Å². The zero-order chi connectivity index (χ0) is 13.3. The normalized spacial score (nSPS) is 14.8. The van der Waals surface area contributed by atoms with E-state index in [1.54, 1.807) is 0 Å². The Bertz CT molecular complexity index is 497. The molecule has 1 aromatic rings. The molecule has 0 atom stereocenters. The topological polar surface area (TPSA) is 40.0 Å². The molecule has 0 aliphatic carbocycles. The molecule has 0 N–H and O–H groups in total. The van der Waals surface area contributed by atoms with Crippen LogP contribution in [0.25, 0.3) is 0 Å². The van der Waals surface area contributed by atoms with Gasteiger partial charge in [0, 0.05) is 5.56 Å². The van der Waals surface area contributed by atoms with E-state index in [9.17, 15) is 13.2 Å². The van der Waals surface area contributed by atoms with Crippen LogP contribution in [-0.2, 0) is 11.0 Å². The first-order valence-corrected chi connectivity index (χ1v) is 5.02. The quantitative estimate of drug-likeness (QED) is 0.607. The highest BCUT2D eigenvalue weighted by molar-refractivity contribution is 6.00. The summed E-state index contributed by atoms with van der Waals surface area (Å²) in [5, 5.41) is 3.51. The van der Waals surface area contributed by atoms with Crippen LogP contribution in [0.4, 0.5) is 13.2 Å². The number of benzene rings is 1. The number of hydrogen-bond donors (Lipinski definition) is 0. The molecular formula is C11H10F3NO3. The van der Waals surface area contributed by atoms with E-state index in [0.29, 0.717) is 0 Å². The fourth-order valence-corrected chi connectivity index (χ4v) is 1.66. The van der Waals surface area contributed by atoms with Gasteiger partial charge in [0.1, 0.15) is 7.11 Å². The predicted molar refractivity (Wildman–Crippen MR) is 56.8 cm³/mol. The molecule has 0 radical (unpaired) electrons. The summed E-state index contributed by atoms with van der Waals surface area (Å²) in [4.78, 5) is 4.49. The maximum Gasteiger partial charge on any atom is 0.417 e. The van der Waals surface area contributed by atoms with Gasteiger partial charge in [-0.2, -0.15) is 13.2 Å². The monoisotopic (exact) mass is 261 g/mol. The van der Waals surface area contributed by atoms with Crippen LogP contribution >= 0.6 is 0 Å². The van der Waals surface area contributed by atoms with E-state index in [1.165, 1.54) is 20.1 Å². The van der Waals surface area contributed by atoms with Gasteiger partial charge >= 0.3 is 6.18 Å². The van der Waals surface area contributed by atoms with Gasteiger partial charge < -0.3 is 14.3 Å². The van der Waals surface area contributed by atoms with Crippen molar-refractivity contribution in [3.8, 4) is 11.5 Å². The van der Waals surface area contributed by atoms with Gasteiger partial charge in [0.2, 0.25) is 6.79 Å². The molecule has 0 saturated heterocycles. The van der Waals surface area contributed by atoms with E-state index in [1.807, 2.05) is 0 Å². The molecule has 1 aliphatic rings.